The highest BCUT2D eigenvalue weighted by molar-refractivity contribution is 9.10. The second-order valence-electron chi connectivity index (χ2n) is 3.88. The maximum atomic E-state index is 12.1. The third-order valence-electron chi connectivity index (χ3n) is 2.71. The van der Waals surface area contributed by atoms with Crippen LogP contribution < -0.4 is 5.73 Å². The van der Waals surface area contributed by atoms with Crippen LogP contribution in [0.1, 0.15) is 10.4 Å². The zero-order chi connectivity index (χ0) is 12.4. The molecule has 1 aromatic carbocycles. The molecule has 0 aromatic heterocycles. The summed E-state index contributed by atoms with van der Waals surface area (Å²) in [5.41, 5.74) is 6.88. The molecule has 1 aliphatic heterocycles. The van der Waals surface area contributed by atoms with Gasteiger partial charge in [-0.1, -0.05) is 0 Å². The van der Waals surface area contributed by atoms with E-state index in [0.29, 0.717) is 35.8 Å². The van der Waals surface area contributed by atoms with Crippen LogP contribution in [0.3, 0.4) is 0 Å². The van der Waals surface area contributed by atoms with Crippen LogP contribution in [0.5, 0.6) is 0 Å². The van der Waals surface area contributed by atoms with Gasteiger partial charge in [-0.3, -0.25) is 9.00 Å². The van der Waals surface area contributed by atoms with Gasteiger partial charge < -0.3 is 10.6 Å². The third kappa shape index (κ3) is 2.87. The average Bonchev–Trinajstić information content (AvgIpc) is 2.33. The van der Waals surface area contributed by atoms with Gasteiger partial charge >= 0.3 is 0 Å². The van der Waals surface area contributed by atoms with Crippen LogP contribution in [0, 0.1) is 0 Å². The highest BCUT2D eigenvalue weighted by atomic mass is 79.9. The smallest absolute Gasteiger partial charge is 0.253 e. The van der Waals surface area contributed by atoms with Gasteiger partial charge in [0.2, 0.25) is 0 Å². The number of benzene rings is 1. The molecule has 1 aromatic rings. The minimum absolute atomic E-state index is 0.0408. The summed E-state index contributed by atoms with van der Waals surface area (Å²) >= 11 is 3.29. The number of hydrogen-bond acceptors (Lipinski definition) is 3. The number of amides is 1. The van der Waals surface area contributed by atoms with Crippen LogP contribution in [-0.4, -0.2) is 39.6 Å². The first-order valence-corrected chi connectivity index (χ1v) is 7.55. The Morgan fingerprint density at radius 1 is 1.35 bits per heavy atom. The molecule has 0 spiro atoms. The number of rotatable bonds is 1. The van der Waals surface area contributed by atoms with E-state index in [4.69, 9.17) is 5.73 Å². The Balaban J connectivity index is 2.14. The van der Waals surface area contributed by atoms with Crippen molar-refractivity contribution in [2.75, 3.05) is 30.3 Å². The van der Waals surface area contributed by atoms with E-state index in [-0.39, 0.29) is 5.91 Å². The van der Waals surface area contributed by atoms with Crippen molar-refractivity contribution in [3.05, 3.63) is 28.2 Å². The van der Waals surface area contributed by atoms with Crippen molar-refractivity contribution in [3.63, 3.8) is 0 Å². The van der Waals surface area contributed by atoms with E-state index in [1.54, 1.807) is 23.1 Å². The summed E-state index contributed by atoms with van der Waals surface area (Å²) < 4.78 is 12.0. The normalized spacial score (nSPS) is 17.1. The molecule has 0 aliphatic carbocycles. The van der Waals surface area contributed by atoms with Gasteiger partial charge in [0.1, 0.15) is 0 Å². The summed E-state index contributed by atoms with van der Waals surface area (Å²) in [5, 5.41) is 0. The van der Waals surface area contributed by atoms with Gasteiger partial charge in [-0.15, -0.1) is 0 Å². The van der Waals surface area contributed by atoms with Crippen molar-refractivity contribution in [1.82, 2.24) is 4.90 Å². The quantitative estimate of drug-likeness (QED) is 0.793. The van der Waals surface area contributed by atoms with E-state index in [9.17, 15) is 9.00 Å². The zero-order valence-electron chi connectivity index (χ0n) is 9.19. The number of nitrogens with two attached hydrogens (primary N) is 1. The fourth-order valence-corrected chi connectivity index (χ4v) is 3.00. The largest absolute Gasteiger partial charge is 0.398 e. The Hall–Kier alpha value is -0.880. The van der Waals surface area contributed by atoms with Crippen LogP contribution in [-0.2, 0) is 10.8 Å². The van der Waals surface area contributed by atoms with Crippen molar-refractivity contribution < 1.29 is 9.00 Å². The van der Waals surface area contributed by atoms with Crippen molar-refractivity contribution in [2.24, 2.45) is 0 Å². The molecule has 0 unspecified atom stereocenters. The van der Waals surface area contributed by atoms with Crippen LogP contribution >= 0.6 is 15.9 Å². The van der Waals surface area contributed by atoms with Gasteiger partial charge in [-0.05, 0) is 34.1 Å². The molecular weight excluding hydrogens is 304 g/mol. The molecule has 2 rings (SSSR count). The molecule has 1 fully saturated rings. The molecule has 0 bridgehead atoms. The summed E-state index contributed by atoms with van der Waals surface area (Å²) in [6.07, 6.45) is 0. The first-order chi connectivity index (χ1) is 8.08. The lowest BCUT2D eigenvalue weighted by atomic mass is 10.2. The molecule has 17 heavy (non-hydrogen) atoms. The molecule has 92 valence electrons. The number of carbonyl (C=O) groups excluding carboxylic acids is 1. The van der Waals surface area contributed by atoms with E-state index in [1.807, 2.05) is 0 Å². The predicted octanol–water partition coefficient (Wildman–Crippen LogP) is 1.24. The second kappa shape index (κ2) is 5.18. The standard InChI is InChI=1S/C11H13BrN2O2S/c12-9-2-1-8(7-10(9)13)11(15)14-3-5-17(16)6-4-14/h1-2,7H,3-6,13H2. The highest BCUT2D eigenvalue weighted by Gasteiger charge is 2.21. The first-order valence-electron chi connectivity index (χ1n) is 5.27. The van der Waals surface area contributed by atoms with Crippen molar-refractivity contribution in [3.8, 4) is 0 Å². The van der Waals surface area contributed by atoms with Gasteiger partial charge in [0.25, 0.3) is 5.91 Å². The van der Waals surface area contributed by atoms with Gasteiger partial charge in [0, 0.05) is 51.1 Å². The molecular formula is C11H13BrN2O2S. The minimum Gasteiger partial charge on any atom is -0.398 e. The number of hydrogen-bond donors (Lipinski definition) is 1. The fraction of sp³-hybridized carbons (Fsp3) is 0.364. The van der Waals surface area contributed by atoms with E-state index in [0.717, 1.165) is 4.47 Å². The Labute approximate surface area is 111 Å². The number of anilines is 1. The Kier molecular flexibility index (Phi) is 3.83. The molecule has 0 atom stereocenters. The average molecular weight is 317 g/mol. The number of nitrogen functional groups attached to an aromatic ring is 1. The Morgan fingerprint density at radius 3 is 2.59 bits per heavy atom. The van der Waals surface area contributed by atoms with E-state index >= 15 is 0 Å². The lowest BCUT2D eigenvalue weighted by molar-refractivity contribution is 0.0771. The number of halogens is 1. The van der Waals surface area contributed by atoms with Gasteiger partial charge in [-0.25, -0.2) is 0 Å². The lowest BCUT2D eigenvalue weighted by Gasteiger charge is -2.26. The predicted molar refractivity (Wildman–Crippen MR) is 72.3 cm³/mol. The van der Waals surface area contributed by atoms with Crippen molar-refractivity contribution in [2.45, 2.75) is 0 Å². The van der Waals surface area contributed by atoms with Crippen LogP contribution in [0.2, 0.25) is 0 Å². The monoisotopic (exact) mass is 316 g/mol. The van der Waals surface area contributed by atoms with Gasteiger partial charge in [0.15, 0.2) is 0 Å². The van der Waals surface area contributed by atoms with Crippen LogP contribution in [0.25, 0.3) is 0 Å². The Bertz CT molecular complexity index is 469. The molecule has 0 saturated carbocycles. The third-order valence-corrected chi connectivity index (χ3v) is 4.71. The first kappa shape index (κ1) is 12.6. The fourth-order valence-electron chi connectivity index (χ4n) is 1.70. The SMILES string of the molecule is Nc1cc(C(=O)N2CCS(=O)CC2)ccc1Br. The van der Waals surface area contributed by atoms with E-state index in [1.165, 1.54) is 0 Å². The molecule has 1 aliphatic rings. The van der Waals surface area contributed by atoms with E-state index in [2.05, 4.69) is 15.9 Å². The molecule has 1 amide bonds. The van der Waals surface area contributed by atoms with Crippen LogP contribution in [0.15, 0.2) is 22.7 Å². The molecule has 1 saturated heterocycles. The summed E-state index contributed by atoms with van der Waals surface area (Å²) in [6, 6.07) is 5.18. The van der Waals surface area contributed by atoms with Gasteiger partial charge in [0.05, 0.1) is 0 Å². The number of carbonyl (C=O) groups is 1. The molecule has 4 nitrogen and oxygen atoms in total. The zero-order valence-corrected chi connectivity index (χ0v) is 11.6. The maximum Gasteiger partial charge on any atom is 0.253 e. The molecule has 2 N–H and O–H groups in total. The van der Waals surface area contributed by atoms with E-state index < -0.39 is 10.8 Å². The maximum absolute atomic E-state index is 12.1. The number of nitrogens with zero attached hydrogens (tertiary/aromatic N) is 1. The Morgan fingerprint density at radius 2 is 2.00 bits per heavy atom. The summed E-state index contributed by atoms with van der Waals surface area (Å²) in [7, 11) is -0.768. The lowest BCUT2D eigenvalue weighted by Crippen LogP contribution is -2.41. The second-order valence-corrected chi connectivity index (χ2v) is 6.43. The minimum atomic E-state index is -0.768. The summed E-state index contributed by atoms with van der Waals surface area (Å²) in [4.78, 5) is 13.9. The highest BCUT2D eigenvalue weighted by Crippen LogP contribution is 2.21. The molecule has 6 heteroatoms. The molecule has 1 heterocycles. The summed E-state index contributed by atoms with van der Waals surface area (Å²) in [5.74, 6) is 1.09. The molecule has 0 radical (unpaired) electrons. The topological polar surface area (TPSA) is 63.4 Å². The summed E-state index contributed by atoms with van der Waals surface area (Å²) in [6.45, 7) is 1.11. The van der Waals surface area contributed by atoms with Gasteiger partial charge in [-0.2, -0.15) is 0 Å². The van der Waals surface area contributed by atoms with Crippen molar-refractivity contribution in [1.29, 1.82) is 0 Å². The van der Waals surface area contributed by atoms with Crippen molar-refractivity contribution >= 4 is 38.3 Å². The van der Waals surface area contributed by atoms with Crippen LogP contribution in [0.4, 0.5) is 5.69 Å².